The second-order valence-electron chi connectivity index (χ2n) is 3.41. The van der Waals surface area contributed by atoms with Crippen LogP contribution in [0.15, 0.2) is 18.2 Å². The standard InChI is InChI=1S/C12H12ClNO3/c13-10-8-9(12(15)16)4-5-11(10)17-7-3-1-2-6-14/h4-5,8H,1-3,7H2,(H,15,16). The topological polar surface area (TPSA) is 70.3 Å². The number of carboxylic acid groups (broad SMARTS) is 1. The number of carboxylic acids is 1. The van der Waals surface area contributed by atoms with Crippen LogP contribution in [0.5, 0.6) is 5.75 Å². The normalized spacial score (nSPS) is 9.65. The van der Waals surface area contributed by atoms with Gasteiger partial charge in [0.05, 0.1) is 23.3 Å². The summed E-state index contributed by atoms with van der Waals surface area (Å²) in [4.78, 5) is 10.7. The molecule has 1 aromatic carbocycles. The fraction of sp³-hybridized carbons (Fsp3) is 0.333. The zero-order valence-electron chi connectivity index (χ0n) is 9.15. The molecule has 0 heterocycles. The summed E-state index contributed by atoms with van der Waals surface area (Å²) in [5.74, 6) is -0.555. The molecule has 4 nitrogen and oxygen atoms in total. The van der Waals surface area contributed by atoms with Gasteiger partial charge in [0.2, 0.25) is 0 Å². The van der Waals surface area contributed by atoms with Crippen molar-refractivity contribution in [2.45, 2.75) is 19.3 Å². The van der Waals surface area contributed by atoms with E-state index >= 15 is 0 Å². The molecule has 0 aliphatic carbocycles. The van der Waals surface area contributed by atoms with Gasteiger partial charge in [-0.1, -0.05) is 11.6 Å². The molecule has 0 radical (unpaired) electrons. The van der Waals surface area contributed by atoms with Gasteiger partial charge in [0.15, 0.2) is 0 Å². The van der Waals surface area contributed by atoms with Crippen LogP contribution >= 0.6 is 11.6 Å². The number of nitriles is 1. The number of unbranched alkanes of at least 4 members (excludes halogenated alkanes) is 2. The smallest absolute Gasteiger partial charge is 0.335 e. The maximum Gasteiger partial charge on any atom is 0.335 e. The zero-order valence-corrected chi connectivity index (χ0v) is 9.91. The van der Waals surface area contributed by atoms with Crippen LogP contribution in [0.4, 0.5) is 0 Å². The van der Waals surface area contributed by atoms with Crippen LogP contribution in [-0.4, -0.2) is 17.7 Å². The van der Waals surface area contributed by atoms with Crippen LogP contribution in [0.3, 0.4) is 0 Å². The summed E-state index contributed by atoms with van der Waals surface area (Å²) in [7, 11) is 0. The zero-order chi connectivity index (χ0) is 12.7. The summed E-state index contributed by atoms with van der Waals surface area (Å²) in [6.07, 6.45) is 2.06. The third kappa shape index (κ3) is 4.33. The number of rotatable bonds is 6. The Hall–Kier alpha value is -1.73. The van der Waals surface area contributed by atoms with E-state index in [1.54, 1.807) is 0 Å². The van der Waals surface area contributed by atoms with Gasteiger partial charge < -0.3 is 9.84 Å². The molecule has 5 heteroatoms. The molecule has 0 saturated heterocycles. The summed E-state index contributed by atoms with van der Waals surface area (Å²) in [6, 6.07) is 6.39. The van der Waals surface area contributed by atoms with Gasteiger partial charge in [0.1, 0.15) is 5.75 Å². The Morgan fingerprint density at radius 1 is 1.47 bits per heavy atom. The highest BCUT2D eigenvalue weighted by Gasteiger charge is 2.07. The highest BCUT2D eigenvalue weighted by atomic mass is 35.5. The van der Waals surface area contributed by atoms with Crippen molar-refractivity contribution in [3.05, 3.63) is 28.8 Å². The maximum absolute atomic E-state index is 10.7. The van der Waals surface area contributed by atoms with Crippen molar-refractivity contribution in [1.29, 1.82) is 5.26 Å². The molecule has 0 bridgehead atoms. The van der Waals surface area contributed by atoms with Gasteiger partial charge in [0, 0.05) is 6.42 Å². The van der Waals surface area contributed by atoms with Crippen LogP contribution in [0.25, 0.3) is 0 Å². The first-order valence-electron chi connectivity index (χ1n) is 5.17. The molecule has 1 N–H and O–H groups in total. The van der Waals surface area contributed by atoms with Gasteiger partial charge in [0.25, 0.3) is 0 Å². The minimum atomic E-state index is -1.02. The average Bonchev–Trinajstić information content (AvgIpc) is 2.30. The lowest BCUT2D eigenvalue weighted by Crippen LogP contribution is -2.00. The number of carbonyl (C=O) groups is 1. The van der Waals surface area contributed by atoms with E-state index in [0.29, 0.717) is 18.8 Å². The third-order valence-corrected chi connectivity index (χ3v) is 2.41. The molecule has 0 aliphatic rings. The van der Waals surface area contributed by atoms with Gasteiger partial charge in [-0.05, 0) is 31.0 Å². The summed E-state index contributed by atoms with van der Waals surface area (Å²) in [5, 5.41) is 17.4. The van der Waals surface area contributed by atoms with E-state index in [1.165, 1.54) is 18.2 Å². The van der Waals surface area contributed by atoms with Gasteiger partial charge in [-0.25, -0.2) is 4.79 Å². The fourth-order valence-corrected chi connectivity index (χ4v) is 1.47. The summed E-state index contributed by atoms with van der Waals surface area (Å²) in [6.45, 7) is 0.466. The monoisotopic (exact) mass is 253 g/mol. The lowest BCUT2D eigenvalue weighted by molar-refractivity contribution is 0.0697. The largest absolute Gasteiger partial charge is 0.492 e. The van der Waals surface area contributed by atoms with Crippen molar-refractivity contribution in [2.75, 3.05) is 6.61 Å². The number of nitrogens with zero attached hydrogens (tertiary/aromatic N) is 1. The first-order chi connectivity index (χ1) is 8.15. The molecule has 1 aromatic rings. The molecule has 0 amide bonds. The fourth-order valence-electron chi connectivity index (χ4n) is 1.24. The summed E-state index contributed by atoms with van der Waals surface area (Å²) >= 11 is 5.87. The SMILES string of the molecule is N#CCCCCOc1ccc(C(=O)O)cc1Cl. The van der Waals surface area contributed by atoms with E-state index in [0.717, 1.165) is 12.8 Å². The Bertz CT molecular complexity index is 440. The van der Waals surface area contributed by atoms with E-state index in [-0.39, 0.29) is 10.6 Å². The van der Waals surface area contributed by atoms with Crippen molar-refractivity contribution < 1.29 is 14.6 Å². The van der Waals surface area contributed by atoms with Gasteiger partial charge in [-0.2, -0.15) is 5.26 Å². The first-order valence-corrected chi connectivity index (χ1v) is 5.55. The Morgan fingerprint density at radius 2 is 2.24 bits per heavy atom. The molecule has 0 aromatic heterocycles. The van der Waals surface area contributed by atoms with E-state index < -0.39 is 5.97 Å². The molecule has 90 valence electrons. The Balaban J connectivity index is 2.50. The van der Waals surface area contributed by atoms with Gasteiger partial charge >= 0.3 is 5.97 Å². The second-order valence-corrected chi connectivity index (χ2v) is 3.82. The molecule has 0 atom stereocenters. The molecule has 1 rings (SSSR count). The third-order valence-electron chi connectivity index (χ3n) is 2.12. The van der Waals surface area contributed by atoms with Crippen molar-refractivity contribution in [3.8, 4) is 11.8 Å². The molecule has 0 spiro atoms. The number of ether oxygens (including phenoxy) is 1. The van der Waals surface area contributed by atoms with Crippen LogP contribution in [0.2, 0.25) is 5.02 Å². The molecule has 0 aliphatic heterocycles. The Morgan fingerprint density at radius 3 is 2.82 bits per heavy atom. The highest BCUT2D eigenvalue weighted by Crippen LogP contribution is 2.25. The average molecular weight is 254 g/mol. The van der Waals surface area contributed by atoms with E-state index in [4.69, 9.17) is 26.7 Å². The van der Waals surface area contributed by atoms with Crippen molar-refractivity contribution >= 4 is 17.6 Å². The number of benzene rings is 1. The van der Waals surface area contributed by atoms with E-state index in [9.17, 15) is 4.79 Å². The maximum atomic E-state index is 10.7. The van der Waals surface area contributed by atoms with Crippen LogP contribution in [-0.2, 0) is 0 Å². The summed E-state index contributed by atoms with van der Waals surface area (Å²) < 4.78 is 5.38. The first kappa shape index (κ1) is 13.3. The molecular formula is C12H12ClNO3. The number of hydrogen-bond acceptors (Lipinski definition) is 3. The highest BCUT2D eigenvalue weighted by molar-refractivity contribution is 6.32. The molecule has 0 saturated carbocycles. The van der Waals surface area contributed by atoms with Crippen molar-refractivity contribution in [3.63, 3.8) is 0 Å². The second kappa shape index (κ2) is 6.77. The summed E-state index contributed by atoms with van der Waals surface area (Å²) in [5.41, 5.74) is 0.131. The van der Waals surface area contributed by atoms with Gasteiger partial charge in [-0.3, -0.25) is 0 Å². The van der Waals surface area contributed by atoms with Crippen LogP contribution < -0.4 is 4.74 Å². The molecule has 17 heavy (non-hydrogen) atoms. The number of halogens is 1. The predicted molar refractivity (Wildman–Crippen MR) is 63.4 cm³/mol. The molecule has 0 unspecified atom stereocenters. The van der Waals surface area contributed by atoms with E-state index in [2.05, 4.69) is 6.07 Å². The number of hydrogen-bond donors (Lipinski definition) is 1. The minimum absolute atomic E-state index is 0.131. The number of aromatic carboxylic acids is 1. The lowest BCUT2D eigenvalue weighted by atomic mass is 10.2. The van der Waals surface area contributed by atoms with Gasteiger partial charge in [-0.15, -0.1) is 0 Å². The predicted octanol–water partition coefficient (Wildman–Crippen LogP) is 3.11. The molecular weight excluding hydrogens is 242 g/mol. The van der Waals surface area contributed by atoms with Crippen molar-refractivity contribution in [2.24, 2.45) is 0 Å². The lowest BCUT2D eigenvalue weighted by Gasteiger charge is -2.07. The molecule has 0 fully saturated rings. The Kier molecular flexibility index (Phi) is 5.31. The van der Waals surface area contributed by atoms with Crippen LogP contribution in [0, 0.1) is 11.3 Å². The Labute approximate surface area is 104 Å². The van der Waals surface area contributed by atoms with E-state index in [1.807, 2.05) is 0 Å². The minimum Gasteiger partial charge on any atom is -0.492 e. The quantitative estimate of drug-likeness (QED) is 0.791. The van der Waals surface area contributed by atoms with Crippen molar-refractivity contribution in [1.82, 2.24) is 0 Å². The van der Waals surface area contributed by atoms with Crippen LogP contribution in [0.1, 0.15) is 29.6 Å².